The third-order valence-electron chi connectivity index (χ3n) is 3.98. The SMILES string of the molecule is Cn1ncc([N+](=O)[O-])c1C(=O)Nc1sc2c(c1C(N)=O)CCCC2. The van der Waals surface area contributed by atoms with E-state index in [1.54, 1.807) is 0 Å². The normalized spacial score (nSPS) is 13.4. The van der Waals surface area contributed by atoms with Gasteiger partial charge in [0.2, 0.25) is 5.69 Å². The van der Waals surface area contributed by atoms with Crippen LogP contribution < -0.4 is 11.1 Å². The van der Waals surface area contributed by atoms with Gasteiger partial charge in [0.25, 0.3) is 11.8 Å². The minimum atomic E-state index is -0.692. The molecule has 0 saturated heterocycles. The van der Waals surface area contributed by atoms with Gasteiger partial charge in [0.15, 0.2) is 0 Å². The lowest BCUT2D eigenvalue weighted by Gasteiger charge is -2.11. The van der Waals surface area contributed by atoms with E-state index in [4.69, 9.17) is 5.73 Å². The molecule has 0 saturated carbocycles. The van der Waals surface area contributed by atoms with Crippen LogP contribution in [0.3, 0.4) is 0 Å². The molecule has 0 aliphatic heterocycles. The summed E-state index contributed by atoms with van der Waals surface area (Å²) < 4.78 is 1.13. The molecule has 126 valence electrons. The molecule has 9 nitrogen and oxygen atoms in total. The highest BCUT2D eigenvalue weighted by molar-refractivity contribution is 7.17. The highest BCUT2D eigenvalue weighted by Gasteiger charge is 2.29. The molecule has 3 N–H and O–H groups in total. The van der Waals surface area contributed by atoms with Crippen molar-refractivity contribution < 1.29 is 14.5 Å². The zero-order valence-electron chi connectivity index (χ0n) is 12.9. The molecule has 0 spiro atoms. The molecular formula is C14H15N5O4S. The van der Waals surface area contributed by atoms with Crippen LogP contribution in [-0.4, -0.2) is 26.5 Å². The molecule has 1 aliphatic rings. The highest BCUT2D eigenvalue weighted by Crippen LogP contribution is 2.38. The Kier molecular flexibility index (Phi) is 4.06. The fourth-order valence-electron chi connectivity index (χ4n) is 2.90. The number of aromatic nitrogens is 2. The van der Waals surface area contributed by atoms with Crippen molar-refractivity contribution in [1.82, 2.24) is 9.78 Å². The maximum absolute atomic E-state index is 12.5. The molecule has 0 unspecified atom stereocenters. The second-order valence-corrected chi connectivity index (χ2v) is 6.60. The second-order valence-electron chi connectivity index (χ2n) is 5.49. The first-order valence-electron chi connectivity index (χ1n) is 7.32. The van der Waals surface area contributed by atoms with Gasteiger partial charge in [-0.25, -0.2) is 0 Å². The van der Waals surface area contributed by atoms with Crippen molar-refractivity contribution in [3.05, 3.63) is 38.0 Å². The maximum Gasteiger partial charge on any atom is 0.320 e. The molecule has 10 heteroatoms. The summed E-state index contributed by atoms with van der Waals surface area (Å²) in [5, 5.41) is 17.7. The monoisotopic (exact) mass is 349 g/mol. The third kappa shape index (κ3) is 2.64. The van der Waals surface area contributed by atoms with E-state index in [-0.39, 0.29) is 5.69 Å². The van der Waals surface area contributed by atoms with Crippen LogP contribution in [0.25, 0.3) is 0 Å². The lowest BCUT2D eigenvalue weighted by atomic mass is 9.95. The van der Waals surface area contributed by atoms with E-state index in [1.807, 2.05) is 0 Å². The second kappa shape index (κ2) is 6.04. The number of amides is 2. The molecule has 0 bridgehead atoms. The number of nitro groups is 1. The van der Waals surface area contributed by atoms with Crippen molar-refractivity contribution in [3.63, 3.8) is 0 Å². The summed E-state index contributed by atoms with van der Waals surface area (Å²) in [7, 11) is 1.44. The van der Waals surface area contributed by atoms with Gasteiger partial charge in [-0.15, -0.1) is 11.3 Å². The number of aryl methyl sites for hydroxylation is 2. The van der Waals surface area contributed by atoms with Crippen LogP contribution in [0.4, 0.5) is 10.7 Å². The Morgan fingerprint density at radius 2 is 2.12 bits per heavy atom. The molecule has 0 fully saturated rings. The number of nitrogens with two attached hydrogens (primary N) is 1. The van der Waals surface area contributed by atoms with E-state index in [2.05, 4.69) is 10.4 Å². The number of thiophene rings is 1. The van der Waals surface area contributed by atoms with Crippen molar-refractivity contribution in [2.75, 3.05) is 5.32 Å². The summed E-state index contributed by atoms with van der Waals surface area (Å²) in [6, 6.07) is 0. The van der Waals surface area contributed by atoms with E-state index in [0.29, 0.717) is 10.6 Å². The van der Waals surface area contributed by atoms with Crippen molar-refractivity contribution >= 4 is 33.8 Å². The summed E-state index contributed by atoms with van der Waals surface area (Å²) in [4.78, 5) is 35.7. The van der Waals surface area contributed by atoms with Gasteiger partial charge in [-0.05, 0) is 31.2 Å². The number of hydrogen-bond donors (Lipinski definition) is 2. The molecule has 2 heterocycles. The molecule has 0 atom stereocenters. The largest absolute Gasteiger partial charge is 0.365 e. The predicted octanol–water partition coefficient (Wildman–Crippen LogP) is 1.62. The van der Waals surface area contributed by atoms with Gasteiger partial charge in [-0.1, -0.05) is 0 Å². The number of fused-ring (bicyclic) bond motifs is 1. The van der Waals surface area contributed by atoms with Crippen molar-refractivity contribution in [3.8, 4) is 0 Å². The zero-order chi connectivity index (χ0) is 17.4. The Morgan fingerprint density at radius 1 is 1.42 bits per heavy atom. The predicted molar refractivity (Wildman–Crippen MR) is 87.3 cm³/mol. The lowest BCUT2D eigenvalue weighted by molar-refractivity contribution is -0.385. The molecule has 3 rings (SSSR count). The van der Waals surface area contributed by atoms with Crippen LogP contribution in [-0.2, 0) is 19.9 Å². The molecule has 2 aromatic heterocycles. The van der Waals surface area contributed by atoms with Crippen molar-refractivity contribution in [1.29, 1.82) is 0 Å². The average molecular weight is 349 g/mol. The number of carbonyl (C=O) groups excluding carboxylic acids is 2. The standard InChI is InChI=1S/C14H15N5O4S/c1-18-11(8(6-16-18)19(22)23)13(21)17-14-10(12(15)20)7-4-2-3-5-9(7)24-14/h6H,2-5H2,1H3,(H2,15,20)(H,17,21). The number of hydrogen-bond acceptors (Lipinski definition) is 6. The summed E-state index contributed by atoms with van der Waals surface area (Å²) in [6.07, 6.45) is 4.58. The van der Waals surface area contributed by atoms with Gasteiger partial charge in [-0.3, -0.25) is 24.4 Å². The van der Waals surface area contributed by atoms with Crippen molar-refractivity contribution in [2.24, 2.45) is 12.8 Å². The number of nitrogens with zero attached hydrogens (tertiary/aromatic N) is 3. The minimum Gasteiger partial charge on any atom is -0.365 e. The van der Waals surface area contributed by atoms with Crippen LogP contribution in [0.5, 0.6) is 0 Å². The molecule has 2 aromatic rings. The maximum atomic E-state index is 12.5. The van der Waals surface area contributed by atoms with E-state index < -0.39 is 22.4 Å². The summed E-state index contributed by atoms with van der Waals surface area (Å²) in [5.74, 6) is -1.30. The first kappa shape index (κ1) is 16.1. The van der Waals surface area contributed by atoms with Gasteiger partial charge < -0.3 is 11.1 Å². The Balaban J connectivity index is 1.99. The van der Waals surface area contributed by atoms with Crippen molar-refractivity contribution in [2.45, 2.75) is 25.7 Å². The molecule has 1 aliphatic carbocycles. The first-order valence-corrected chi connectivity index (χ1v) is 8.14. The fourth-order valence-corrected chi connectivity index (χ4v) is 4.19. The Hall–Kier alpha value is -2.75. The topological polar surface area (TPSA) is 133 Å². The molecule has 2 amide bonds. The Bertz CT molecular complexity index is 854. The van der Waals surface area contributed by atoms with E-state index in [9.17, 15) is 19.7 Å². The van der Waals surface area contributed by atoms with Gasteiger partial charge in [0.1, 0.15) is 11.2 Å². The molecule has 24 heavy (non-hydrogen) atoms. The summed E-state index contributed by atoms with van der Waals surface area (Å²) in [5.41, 5.74) is 6.10. The van der Waals surface area contributed by atoms with Gasteiger partial charge >= 0.3 is 5.69 Å². The Labute approximate surface area is 140 Å². The number of anilines is 1. The quantitative estimate of drug-likeness (QED) is 0.639. The third-order valence-corrected chi connectivity index (χ3v) is 5.18. The number of nitrogens with one attached hydrogen (secondary N) is 1. The average Bonchev–Trinajstić information content (AvgIpc) is 3.07. The molecular weight excluding hydrogens is 334 g/mol. The van der Waals surface area contributed by atoms with Crippen LogP contribution in [0, 0.1) is 10.1 Å². The first-order chi connectivity index (χ1) is 11.4. The number of primary amides is 1. The Morgan fingerprint density at radius 3 is 2.79 bits per heavy atom. The van der Waals surface area contributed by atoms with Crippen LogP contribution in [0.15, 0.2) is 6.20 Å². The van der Waals surface area contributed by atoms with E-state index in [1.165, 1.54) is 18.4 Å². The van der Waals surface area contributed by atoms with Crippen LogP contribution in [0.1, 0.15) is 44.1 Å². The van der Waals surface area contributed by atoms with Crippen LogP contribution in [0.2, 0.25) is 0 Å². The zero-order valence-corrected chi connectivity index (χ0v) is 13.7. The summed E-state index contributed by atoms with van der Waals surface area (Å²) in [6.45, 7) is 0. The fraction of sp³-hybridized carbons (Fsp3) is 0.357. The number of rotatable bonds is 4. The molecule has 0 aromatic carbocycles. The molecule has 0 radical (unpaired) electrons. The number of carbonyl (C=O) groups is 2. The highest BCUT2D eigenvalue weighted by atomic mass is 32.1. The van der Waals surface area contributed by atoms with E-state index >= 15 is 0 Å². The van der Waals surface area contributed by atoms with Gasteiger partial charge in [-0.2, -0.15) is 5.10 Å². The van der Waals surface area contributed by atoms with Gasteiger partial charge in [0.05, 0.1) is 10.5 Å². The van der Waals surface area contributed by atoms with E-state index in [0.717, 1.165) is 47.0 Å². The van der Waals surface area contributed by atoms with Crippen LogP contribution >= 0.6 is 11.3 Å². The minimum absolute atomic E-state index is 0.179. The summed E-state index contributed by atoms with van der Waals surface area (Å²) >= 11 is 1.30. The van der Waals surface area contributed by atoms with Gasteiger partial charge in [0, 0.05) is 11.9 Å². The lowest BCUT2D eigenvalue weighted by Crippen LogP contribution is -2.20. The smallest absolute Gasteiger partial charge is 0.320 e.